The second-order valence-corrected chi connectivity index (χ2v) is 12.5. The summed E-state index contributed by atoms with van der Waals surface area (Å²) in [6, 6.07) is 7.08. The number of amides is 1. The first kappa shape index (κ1) is 31.1. The first-order chi connectivity index (χ1) is 21.8. The molecule has 0 aliphatic carbocycles. The van der Waals surface area contributed by atoms with E-state index in [1.807, 2.05) is 0 Å². The van der Waals surface area contributed by atoms with Gasteiger partial charge >= 0.3 is 6.09 Å². The predicted molar refractivity (Wildman–Crippen MR) is 170 cm³/mol. The van der Waals surface area contributed by atoms with Crippen LogP contribution >= 0.6 is 11.6 Å². The van der Waals surface area contributed by atoms with Gasteiger partial charge in [0.15, 0.2) is 23.1 Å². The average molecular weight is 652 g/mol. The van der Waals surface area contributed by atoms with E-state index in [2.05, 4.69) is 15.1 Å². The molecule has 3 aromatic heterocycles. The van der Waals surface area contributed by atoms with Crippen LogP contribution in [0.4, 0.5) is 19.4 Å². The number of aromatic nitrogens is 6. The fourth-order valence-electron chi connectivity index (χ4n) is 5.54. The van der Waals surface area contributed by atoms with Gasteiger partial charge in [0.2, 0.25) is 0 Å². The molecule has 0 radical (unpaired) electrons. The molecule has 15 heteroatoms. The van der Waals surface area contributed by atoms with Crippen molar-refractivity contribution in [3.8, 4) is 11.3 Å². The molecule has 1 amide bonds. The molecule has 1 aliphatic rings. The molecule has 0 bridgehead atoms. The van der Waals surface area contributed by atoms with Crippen LogP contribution in [0.25, 0.3) is 33.2 Å². The maximum atomic E-state index is 15.3. The molecule has 12 nitrogen and oxygen atoms in total. The summed E-state index contributed by atoms with van der Waals surface area (Å²) in [6.45, 7) is 9.74. The lowest BCUT2D eigenvalue weighted by Gasteiger charge is -2.38. The molecule has 0 spiro atoms. The van der Waals surface area contributed by atoms with Crippen molar-refractivity contribution in [2.45, 2.75) is 46.3 Å². The van der Waals surface area contributed by atoms with Gasteiger partial charge in [0, 0.05) is 18.7 Å². The summed E-state index contributed by atoms with van der Waals surface area (Å²) in [4.78, 5) is 41.8. The molecule has 1 atom stereocenters. The molecule has 240 valence electrons. The quantitative estimate of drug-likeness (QED) is 0.290. The number of carbonyl (C=O) groups excluding carboxylic acids is 1. The molecular weight excluding hydrogens is 620 g/mol. The van der Waals surface area contributed by atoms with Crippen molar-refractivity contribution >= 4 is 45.4 Å². The molecule has 46 heavy (non-hydrogen) atoms. The highest BCUT2D eigenvalue weighted by Crippen LogP contribution is 2.35. The Balaban J connectivity index is 1.49. The molecule has 1 fully saturated rings. The van der Waals surface area contributed by atoms with Crippen molar-refractivity contribution in [3.05, 3.63) is 75.1 Å². The Morgan fingerprint density at radius 3 is 2.46 bits per heavy atom. The van der Waals surface area contributed by atoms with Crippen LogP contribution in [0.1, 0.15) is 45.1 Å². The van der Waals surface area contributed by atoms with E-state index >= 15 is 4.39 Å². The molecule has 0 saturated carbocycles. The van der Waals surface area contributed by atoms with Gasteiger partial charge in [-0.05, 0) is 58.4 Å². The van der Waals surface area contributed by atoms with Crippen LogP contribution < -0.4 is 16.3 Å². The van der Waals surface area contributed by atoms with Gasteiger partial charge in [0.25, 0.3) is 5.56 Å². The SMILES string of the molecule is Cc1ccc(-c2nn(C(C)c3nc4cccc(Cl)c4c(=O)n3N3CCN(C(=O)OC(C)(C)C)CC3)c3ncnc(N)c23)c(F)c1F. The number of nitrogens with two attached hydrogens (primary N) is 1. The third-order valence-corrected chi connectivity index (χ3v) is 8.14. The van der Waals surface area contributed by atoms with Crippen molar-refractivity contribution in [1.82, 2.24) is 34.3 Å². The zero-order chi connectivity index (χ0) is 33.1. The minimum Gasteiger partial charge on any atom is -0.444 e. The lowest BCUT2D eigenvalue weighted by molar-refractivity contribution is 0.0231. The van der Waals surface area contributed by atoms with E-state index in [1.165, 1.54) is 34.7 Å². The summed E-state index contributed by atoms with van der Waals surface area (Å²) in [5, 5.41) is 7.14. The van der Waals surface area contributed by atoms with Crippen LogP contribution in [0, 0.1) is 18.6 Å². The number of aryl methyl sites for hydroxylation is 1. The molecule has 1 saturated heterocycles. The number of nitrogen functional groups attached to an aromatic ring is 1. The maximum absolute atomic E-state index is 15.3. The fourth-order valence-corrected chi connectivity index (χ4v) is 5.79. The molecule has 6 rings (SSSR count). The molecule has 4 heterocycles. The Labute approximate surface area is 267 Å². The monoisotopic (exact) mass is 651 g/mol. The van der Waals surface area contributed by atoms with Gasteiger partial charge in [0.05, 0.1) is 34.4 Å². The van der Waals surface area contributed by atoms with E-state index < -0.39 is 34.9 Å². The third-order valence-electron chi connectivity index (χ3n) is 7.83. The van der Waals surface area contributed by atoms with Crippen LogP contribution in [-0.4, -0.2) is 72.2 Å². The number of halogens is 3. The van der Waals surface area contributed by atoms with Crippen molar-refractivity contribution in [2.75, 3.05) is 36.9 Å². The van der Waals surface area contributed by atoms with Crippen LogP contribution in [0.15, 0.2) is 41.5 Å². The second kappa shape index (κ2) is 11.5. The van der Waals surface area contributed by atoms with Crippen molar-refractivity contribution in [1.29, 1.82) is 0 Å². The van der Waals surface area contributed by atoms with Crippen molar-refractivity contribution in [3.63, 3.8) is 0 Å². The summed E-state index contributed by atoms with van der Waals surface area (Å²) in [5.74, 6) is -1.79. The zero-order valence-corrected chi connectivity index (χ0v) is 26.6. The summed E-state index contributed by atoms with van der Waals surface area (Å²) in [7, 11) is 0. The number of piperazine rings is 1. The summed E-state index contributed by atoms with van der Waals surface area (Å²) >= 11 is 6.50. The topological polar surface area (TPSA) is 137 Å². The van der Waals surface area contributed by atoms with Gasteiger partial charge in [0.1, 0.15) is 29.5 Å². The van der Waals surface area contributed by atoms with E-state index in [1.54, 1.807) is 55.8 Å². The summed E-state index contributed by atoms with van der Waals surface area (Å²) < 4.78 is 38.4. The van der Waals surface area contributed by atoms with Crippen molar-refractivity contribution < 1.29 is 18.3 Å². The maximum Gasteiger partial charge on any atom is 0.410 e. The number of hydrogen-bond donors (Lipinski definition) is 1. The number of anilines is 1. The molecule has 1 aliphatic heterocycles. The fraction of sp³-hybridized carbons (Fsp3) is 0.355. The number of ether oxygens (including phenoxy) is 1. The highest BCUT2D eigenvalue weighted by Gasteiger charge is 2.31. The van der Waals surface area contributed by atoms with Crippen molar-refractivity contribution in [2.24, 2.45) is 0 Å². The lowest BCUT2D eigenvalue weighted by Crippen LogP contribution is -2.57. The molecule has 2 aromatic carbocycles. The number of nitrogens with zero attached hydrogens (tertiary/aromatic N) is 8. The third kappa shape index (κ3) is 5.36. The number of rotatable bonds is 4. The van der Waals surface area contributed by atoms with Crippen LogP contribution in [0.3, 0.4) is 0 Å². The summed E-state index contributed by atoms with van der Waals surface area (Å²) in [5.41, 5.74) is 5.83. The highest BCUT2D eigenvalue weighted by atomic mass is 35.5. The Bertz CT molecular complexity index is 2070. The van der Waals surface area contributed by atoms with Gasteiger partial charge in [-0.2, -0.15) is 5.10 Å². The molecule has 5 aromatic rings. The van der Waals surface area contributed by atoms with Gasteiger partial charge < -0.3 is 20.4 Å². The number of fused-ring (bicyclic) bond motifs is 2. The first-order valence-electron chi connectivity index (χ1n) is 14.6. The van der Waals surface area contributed by atoms with E-state index in [4.69, 9.17) is 27.1 Å². The molecule has 2 N–H and O–H groups in total. The lowest BCUT2D eigenvalue weighted by atomic mass is 10.1. The normalized spacial score (nSPS) is 14.7. The van der Waals surface area contributed by atoms with Gasteiger partial charge in [-0.15, -0.1) is 0 Å². The van der Waals surface area contributed by atoms with Gasteiger partial charge in [-0.1, -0.05) is 23.7 Å². The van der Waals surface area contributed by atoms with Crippen LogP contribution in [0.2, 0.25) is 5.02 Å². The smallest absolute Gasteiger partial charge is 0.410 e. The first-order valence-corrected chi connectivity index (χ1v) is 15.0. The minimum absolute atomic E-state index is 0.0211. The van der Waals surface area contributed by atoms with E-state index in [0.29, 0.717) is 5.52 Å². The van der Waals surface area contributed by atoms with E-state index in [9.17, 15) is 14.0 Å². The number of hydrogen-bond acceptors (Lipinski definition) is 9. The largest absolute Gasteiger partial charge is 0.444 e. The van der Waals surface area contributed by atoms with Gasteiger partial charge in [-0.25, -0.2) is 37.9 Å². The number of benzene rings is 2. The number of carbonyl (C=O) groups is 1. The average Bonchev–Trinajstić information content (AvgIpc) is 3.39. The Hall–Kier alpha value is -4.85. The Kier molecular flexibility index (Phi) is 7.79. The van der Waals surface area contributed by atoms with E-state index in [-0.39, 0.29) is 76.1 Å². The molecule has 1 unspecified atom stereocenters. The van der Waals surface area contributed by atoms with E-state index in [0.717, 1.165) is 0 Å². The zero-order valence-electron chi connectivity index (χ0n) is 25.9. The van der Waals surface area contributed by atoms with Gasteiger partial charge in [-0.3, -0.25) is 4.79 Å². The predicted octanol–water partition coefficient (Wildman–Crippen LogP) is 4.82. The highest BCUT2D eigenvalue weighted by molar-refractivity contribution is 6.35. The Morgan fingerprint density at radius 2 is 1.76 bits per heavy atom. The molecular formula is C31H32ClF2N9O3. The second-order valence-electron chi connectivity index (χ2n) is 12.1. The standard InChI is InChI=1S/C31H32ClF2N9O3/c1-16-9-10-18(24(34)23(16)33)25-22-26(35)36-15-37-28(22)42(39-25)17(2)27-38-20-8-6-7-19(32)21(20)29(44)43(27)41-13-11-40(12-14-41)30(45)46-31(3,4)5/h6-10,15,17H,11-14H2,1-5H3,(H2,35,36,37). The summed E-state index contributed by atoms with van der Waals surface area (Å²) in [6.07, 6.45) is 0.801. The van der Waals surface area contributed by atoms with Crippen LogP contribution in [-0.2, 0) is 4.74 Å². The Morgan fingerprint density at radius 1 is 1.04 bits per heavy atom. The minimum atomic E-state index is -1.08. The van der Waals surface area contributed by atoms with Crippen LogP contribution in [0.5, 0.6) is 0 Å².